The Morgan fingerprint density at radius 2 is 1.96 bits per heavy atom. The summed E-state index contributed by atoms with van der Waals surface area (Å²) >= 11 is 12.0. The molecule has 1 amide bonds. The molecule has 0 saturated heterocycles. The third kappa shape index (κ3) is 3.86. The molecule has 0 unspecified atom stereocenters. The molecule has 128 valence electrons. The van der Waals surface area contributed by atoms with Crippen LogP contribution in [0.3, 0.4) is 0 Å². The number of carbonyl (C=O) groups excluding carboxylic acids is 1. The van der Waals surface area contributed by atoms with Gasteiger partial charge in [0.15, 0.2) is 0 Å². The number of pyridine rings is 1. The van der Waals surface area contributed by atoms with E-state index in [1.54, 1.807) is 25.3 Å². The molecule has 6 heteroatoms. The Labute approximate surface area is 155 Å². The van der Waals surface area contributed by atoms with Crippen LogP contribution in [0.15, 0.2) is 42.5 Å². The summed E-state index contributed by atoms with van der Waals surface area (Å²) in [7, 11) is 1.60. The van der Waals surface area contributed by atoms with E-state index in [2.05, 4.69) is 10.3 Å². The van der Waals surface area contributed by atoms with E-state index in [9.17, 15) is 4.79 Å². The second-order valence-electron chi connectivity index (χ2n) is 5.60. The first-order valence-corrected chi connectivity index (χ1v) is 8.41. The van der Waals surface area contributed by atoms with Crippen LogP contribution < -0.4 is 10.1 Å². The van der Waals surface area contributed by atoms with Crippen LogP contribution in [0.4, 0.5) is 0 Å². The highest BCUT2D eigenvalue weighted by Crippen LogP contribution is 2.23. The van der Waals surface area contributed by atoms with Gasteiger partial charge in [-0.2, -0.15) is 0 Å². The standard InChI is InChI=1S/C19H16Cl2N2O2/c1-11-16(8-13-7-15(25-2)5-6-18(13)23-11)19(24)22-10-12-3-4-14(20)9-17(12)21/h3-9H,10H2,1-2H3,(H,22,24). The quantitative estimate of drug-likeness (QED) is 0.714. The molecule has 2 aromatic carbocycles. The van der Waals surface area contributed by atoms with E-state index in [0.717, 1.165) is 22.2 Å². The van der Waals surface area contributed by atoms with Gasteiger partial charge in [-0.1, -0.05) is 29.3 Å². The smallest absolute Gasteiger partial charge is 0.253 e. The van der Waals surface area contributed by atoms with E-state index in [0.29, 0.717) is 27.8 Å². The van der Waals surface area contributed by atoms with Gasteiger partial charge in [0.25, 0.3) is 5.91 Å². The van der Waals surface area contributed by atoms with Crippen LogP contribution in [0.1, 0.15) is 21.6 Å². The molecule has 0 aliphatic heterocycles. The average Bonchev–Trinajstić information content (AvgIpc) is 2.59. The number of nitrogens with one attached hydrogen (secondary N) is 1. The van der Waals surface area contributed by atoms with Crippen molar-refractivity contribution in [3.05, 3.63) is 69.3 Å². The molecule has 1 aromatic heterocycles. The number of hydrogen-bond acceptors (Lipinski definition) is 3. The van der Waals surface area contributed by atoms with E-state index in [1.165, 1.54) is 0 Å². The second kappa shape index (κ2) is 7.30. The summed E-state index contributed by atoms with van der Waals surface area (Å²) in [5, 5.41) is 4.80. The molecule has 0 atom stereocenters. The Kier molecular flexibility index (Phi) is 5.11. The van der Waals surface area contributed by atoms with Crippen molar-refractivity contribution in [2.24, 2.45) is 0 Å². The lowest BCUT2D eigenvalue weighted by atomic mass is 10.1. The molecule has 1 N–H and O–H groups in total. The first-order chi connectivity index (χ1) is 12.0. The van der Waals surface area contributed by atoms with Gasteiger partial charge in [-0.05, 0) is 48.9 Å². The number of hydrogen-bond donors (Lipinski definition) is 1. The van der Waals surface area contributed by atoms with E-state index in [1.807, 2.05) is 31.2 Å². The molecular weight excluding hydrogens is 359 g/mol. The molecule has 0 bridgehead atoms. The third-order valence-corrected chi connectivity index (χ3v) is 4.50. The molecule has 1 heterocycles. The van der Waals surface area contributed by atoms with Crippen LogP contribution in [0.25, 0.3) is 10.9 Å². The maximum absolute atomic E-state index is 12.6. The van der Waals surface area contributed by atoms with Crippen LogP contribution in [-0.2, 0) is 6.54 Å². The predicted octanol–water partition coefficient (Wildman–Crippen LogP) is 4.79. The second-order valence-corrected chi connectivity index (χ2v) is 6.44. The molecule has 3 aromatic rings. The highest BCUT2D eigenvalue weighted by molar-refractivity contribution is 6.35. The number of rotatable bonds is 4. The van der Waals surface area contributed by atoms with Gasteiger partial charge in [-0.15, -0.1) is 0 Å². The molecule has 0 spiro atoms. The third-order valence-electron chi connectivity index (χ3n) is 3.91. The van der Waals surface area contributed by atoms with Gasteiger partial charge in [-0.25, -0.2) is 0 Å². The van der Waals surface area contributed by atoms with Crippen LogP contribution in [-0.4, -0.2) is 18.0 Å². The normalized spacial score (nSPS) is 10.7. The first kappa shape index (κ1) is 17.5. The lowest BCUT2D eigenvalue weighted by Gasteiger charge is -2.10. The fourth-order valence-electron chi connectivity index (χ4n) is 2.54. The number of methoxy groups -OCH3 is 1. The summed E-state index contributed by atoms with van der Waals surface area (Å²) in [6.07, 6.45) is 0. The zero-order valence-corrected chi connectivity index (χ0v) is 15.3. The summed E-state index contributed by atoms with van der Waals surface area (Å²) in [4.78, 5) is 17.1. The topological polar surface area (TPSA) is 51.2 Å². The number of fused-ring (bicyclic) bond motifs is 1. The van der Waals surface area contributed by atoms with Gasteiger partial charge in [-0.3, -0.25) is 9.78 Å². The molecule has 25 heavy (non-hydrogen) atoms. The lowest BCUT2D eigenvalue weighted by Crippen LogP contribution is -2.24. The monoisotopic (exact) mass is 374 g/mol. The van der Waals surface area contributed by atoms with Crippen LogP contribution in [0.2, 0.25) is 10.0 Å². The van der Waals surface area contributed by atoms with Crippen LogP contribution in [0.5, 0.6) is 5.75 Å². The van der Waals surface area contributed by atoms with Crippen molar-refractivity contribution in [2.75, 3.05) is 7.11 Å². The number of benzene rings is 2. The van der Waals surface area contributed by atoms with Crippen molar-refractivity contribution in [1.29, 1.82) is 0 Å². The SMILES string of the molecule is COc1ccc2nc(C)c(C(=O)NCc3ccc(Cl)cc3Cl)cc2c1. The molecule has 0 aliphatic carbocycles. The minimum absolute atomic E-state index is 0.208. The van der Waals surface area contributed by atoms with E-state index in [4.69, 9.17) is 27.9 Å². The van der Waals surface area contributed by atoms with Gasteiger partial charge in [0.05, 0.1) is 23.9 Å². The molecule has 0 aliphatic rings. The average molecular weight is 375 g/mol. The maximum Gasteiger partial charge on any atom is 0.253 e. The number of carbonyl (C=O) groups is 1. The van der Waals surface area contributed by atoms with E-state index in [-0.39, 0.29) is 5.91 Å². The number of aryl methyl sites for hydroxylation is 1. The molecule has 0 fully saturated rings. The number of amides is 1. The number of aromatic nitrogens is 1. The highest BCUT2D eigenvalue weighted by Gasteiger charge is 2.13. The summed E-state index contributed by atoms with van der Waals surface area (Å²) in [6, 6.07) is 12.6. The summed E-state index contributed by atoms with van der Waals surface area (Å²) in [5.74, 6) is 0.512. The minimum atomic E-state index is -0.208. The molecule has 0 radical (unpaired) electrons. The fraction of sp³-hybridized carbons (Fsp3) is 0.158. The largest absolute Gasteiger partial charge is 0.497 e. The zero-order valence-electron chi connectivity index (χ0n) is 13.8. The van der Waals surface area contributed by atoms with Gasteiger partial charge in [0.2, 0.25) is 0 Å². The Morgan fingerprint density at radius 3 is 2.68 bits per heavy atom. The summed E-state index contributed by atoms with van der Waals surface area (Å²) in [6.45, 7) is 2.12. The van der Waals surface area contributed by atoms with Crippen LogP contribution in [0, 0.1) is 6.92 Å². The van der Waals surface area contributed by atoms with Crippen molar-refractivity contribution >= 4 is 40.0 Å². The van der Waals surface area contributed by atoms with Gasteiger partial charge < -0.3 is 10.1 Å². The Morgan fingerprint density at radius 1 is 1.16 bits per heavy atom. The maximum atomic E-state index is 12.6. The molecule has 0 saturated carbocycles. The number of halogens is 2. The summed E-state index contributed by atoms with van der Waals surface area (Å²) < 4.78 is 5.23. The van der Waals surface area contributed by atoms with Crippen LogP contribution >= 0.6 is 23.2 Å². The van der Waals surface area contributed by atoms with Crippen molar-refractivity contribution in [2.45, 2.75) is 13.5 Å². The fourth-order valence-corrected chi connectivity index (χ4v) is 3.02. The number of nitrogens with zero attached hydrogens (tertiary/aromatic N) is 1. The van der Waals surface area contributed by atoms with E-state index >= 15 is 0 Å². The number of ether oxygens (including phenoxy) is 1. The molecular formula is C19H16Cl2N2O2. The van der Waals surface area contributed by atoms with E-state index < -0.39 is 0 Å². The Balaban J connectivity index is 1.84. The predicted molar refractivity (Wildman–Crippen MR) is 101 cm³/mol. The van der Waals surface area contributed by atoms with Gasteiger partial charge in [0.1, 0.15) is 5.75 Å². The van der Waals surface area contributed by atoms with Gasteiger partial charge >= 0.3 is 0 Å². The van der Waals surface area contributed by atoms with Gasteiger partial charge in [0, 0.05) is 22.0 Å². The minimum Gasteiger partial charge on any atom is -0.497 e. The molecule has 3 rings (SSSR count). The molecule has 4 nitrogen and oxygen atoms in total. The lowest BCUT2D eigenvalue weighted by molar-refractivity contribution is 0.0950. The first-order valence-electron chi connectivity index (χ1n) is 7.65. The Hall–Kier alpha value is -2.30. The van der Waals surface area contributed by atoms with Crippen molar-refractivity contribution in [1.82, 2.24) is 10.3 Å². The highest BCUT2D eigenvalue weighted by atomic mass is 35.5. The van der Waals surface area contributed by atoms with Crippen molar-refractivity contribution < 1.29 is 9.53 Å². The Bertz CT molecular complexity index is 958. The van der Waals surface area contributed by atoms with Crippen molar-refractivity contribution in [3.8, 4) is 5.75 Å². The zero-order chi connectivity index (χ0) is 18.0. The van der Waals surface area contributed by atoms with Crippen molar-refractivity contribution in [3.63, 3.8) is 0 Å². The summed E-state index contributed by atoms with van der Waals surface area (Å²) in [5.41, 5.74) is 2.80.